The third-order valence-corrected chi connectivity index (χ3v) is 5.77. The molecule has 0 radical (unpaired) electrons. The molecule has 1 spiro atoms. The molecule has 3 amide bonds. The second kappa shape index (κ2) is 6.85. The molecule has 4 heterocycles. The maximum absolute atomic E-state index is 12.9. The summed E-state index contributed by atoms with van der Waals surface area (Å²) in [6.07, 6.45) is 3.19. The molecule has 4 rings (SSSR count). The molecule has 0 bridgehead atoms. The van der Waals surface area contributed by atoms with Crippen molar-refractivity contribution in [1.29, 1.82) is 0 Å². The minimum Gasteiger partial charge on any atom is -0.354 e. The van der Waals surface area contributed by atoms with Crippen LogP contribution in [0.5, 0.6) is 0 Å². The van der Waals surface area contributed by atoms with E-state index in [-0.39, 0.29) is 11.9 Å². The van der Waals surface area contributed by atoms with Gasteiger partial charge in [-0.3, -0.25) is 9.69 Å². The Labute approximate surface area is 153 Å². The highest BCUT2D eigenvalue weighted by Crippen LogP contribution is 2.29. The molecule has 3 aliphatic rings. The number of urea groups is 1. The number of nitrogens with zero attached hydrogens (tertiary/aromatic N) is 5. The smallest absolute Gasteiger partial charge is 0.326 e. The Morgan fingerprint density at radius 1 is 1.08 bits per heavy atom. The van der Waals surface area contributed by atoms with Gasteiger partial charge >= 0.3 is 6.03 Å². The summed E-state index contributed by atoms with van der Waals surface area (Å²) in [6, 6.07) is 5.67. The molecule has 26 heavy (non-hydrogen) atoms. The largest absolute Gasteiger partial charge is 0.354 e. The van der Waals surface area contributed by atoms with Gasteiger partial charge in [0, 0.05) is 45.5 Å². The monoisotopic (exact) mass is 358 g/mol. The van der Waals surface area contributed by atoms with Gasteiger partial charge in [-0.05, 0) is 32.0 Å². The third kappa shape index (κ3) is 3.14. The number of rotatable bonds is 3. The van der Waals surface area contributed by atoms with Crippen molar-refractivity contribution in [2.75, 3.05) is 57.9 Å². The van der Waals surface area contributed by atoms with Gasteiger partial charge in [0.2, 0.25) is 0 Å². The Hall–Kier alpha value is -2.19. The summed E-state index contributed by atoms with van der Waals surface area (Å²) >= 11 is 0. The Balaban J connectivity index is 1.35. The van der Waals surface area contributed by atoms with Crippen LogP contribution in [-0.2, 0) is 4.79 Å². The van der Waals surface area contributed by atoms with Gasteiger partial charge in [0.15, 0.2) is 0 Å². The molecular formula is C18H26N6O2. The number of amides is 3. The van der Waals surface area contributed by atoms with Gasteiger partial charge < -0.3 is 15.1 Å². The van der Waals surface area contributed by atoms with Crippen LogP contribution < -0.4 is 10.2 Å². The fraction of sp³-hybridized carbons (Fsp3) is 0.611. The van der Waals surface area contributed by atoms with Crippen LogP contribution in [0.3, 0.4) is 0 Å². The van der Waals surface area contributed by atoms with E-state index in [9.17, 15) is 9.59 Å². The van der Waals surface area contributed by atoms with Gasteiger partial charge in [-0.15, -0.1) is 0 Å². The van der Waals surface area contributed by atoms with Crippen molar-refractivity contribution in [3.63, 3.8) is 0 Å². The number of hydrogen-bond acceptors (Lipinski definition) is 6. The van der Waals surface area contributed by atoms with Crippen molar-refractivity contribution in [3.05, 3.63) is 24.4 Å². The van der Waals surface area contributed by atoms with Crippen LogP contribution in [0, 0.1) is 0 Å². The predicted molar refractivity (Wildman–Crippen MR) is 97.7 cm³/mol. The second-order valence-corrected chi connectivity index (χ2v) is 7.48. The lowest BCUT2D eigenvalue weighted by molar-refractivity contribution is -0.134. The number of anilines is 1. The molecule has 0 unspecified atom stereocenters. The van der Waals surface area contributed by atoms with Gasteiger partial charge in [0.05, 0.1) is 6.67 Å². The SMILES string of the molecule is CN1CCC2(CC1)NC(=O)N(CN1CCN(c3ccccn3)CC1)C2=O. The average Bonchev–Trinajstić information content (AvgIpc) is 2.90. The molecule has 1 aromatic rings. The van der Waals surface area contributed by atoms with E-state index in [1.165, 1.54) is 4.90 Å². The minimum atomic E-state index is -0.681. The summed E-state index contributed by atoms with van der Waals surface area (Å²) in [4.78, 5) is 37.8. The first-order chi connectivity index (χ1) is 12.6. The van der Waals surface area contributed by atoms with E-state index in [0.29, 0.717) is 19.5 Å². The topological polar surface area (TPSA) is 72.0 Å². The number of pyridine rings is 1. The normalized spacial score (nSPS) is 24.3. The Morgan fingerprint density at radius 2 is 1.81 bits per heavy atom. The van der Waals surface area contributed by atoms with Gasteiger partial charge in [0.1, 0.15) is 11.4 Å². The predicted octanol–water partition coefficient (Wildman–Crippen LogP) is 0.177. The first-order valence-corrected chi connectivity index (χ1v) is 9.28. The van der Waals surface area contributed by atoms with Crippen molar-refractivity contribution in [3.8, 4) is 0 Å². The molecule has 3 saturated heterocycles. The number of carbonyl (C=O) groups is 2. The number of hydrogen-bond donors (Lipinski definition) is 1. The molecule has 1 N–H and O–H groups in total. The number of piperazine rings is 1. The summed E-state index contributed by atoms with van der Waals surface area (Å²) in [7, 11) is 2.05. The molecule has 0 atom stereocenters. The number of imide groups is 1. The van der Waals surface area contributed by atoms with Crippen LogP contribution in [0.4, 0.5) is 10.6 Å². The number of piperidine rings is 1. The highest BCUT2D eigenvalue weighted by molar-refractivity contribution is 6.07. The number of aromatic nitrogens is 1. The third-order valence-electron chi connectivity index (χ3n) is 5.77. The standard InChI is InChI=1S/C18H26N6O2/c1-21-8-5-18(6-9-21)16(25)24(17(26)20-18)14-22-10-12-23(13-11-22)15-4-2-3-7-19-15/h2-4,7H,5-6,8-14H2,1H3,(H,20,26). The zero-order chi connectivity index (χ0) is 18.1. The second-order valence-electron chi connectivity index (χ2n) is 7.48. The summed E-state index contributed by atoms with van der Waals surface area (Å²) in [5.74, 6) is 0.926. The molecule has 0 aliphatic carbocycles. The molecule has 3 aliphatic heterocycles. The number of carbonyl (C=O) groups excluding carboxylic acids is 2. The Kier molecular flexibility index (Phi) is 4.54. The Bertz CT molecular complexity index is 666. The lowest BCUT2D eigenvalue weighted by Crippen LogP contribution is -2.55. The maximum Gasteiger partial charge on any atom is 0.326 e. The minimum absolute atomic E-state index is 0.0530. The van der Waals surface area contributed by atoms with Gasteiger partial charge in [-0.25, -0.2) is 14.7 Å². The van der Waals surface area contributed by atoms with Crippen molar-refractivity contribution in [2.24, 2.45) is 0 Å². The summed E-state index contributed by atoms with van der Waals surface area (Å²) in [6.45, 7) is 5.35. The van der Waals surface area contributed by atoms with E-state index in [1.807, 2.05) is 25.2 Å². The van der Waals surface area contributed by atoms with Crippen molar-refractivity contribution in [2.45, 2.75) is 18.4 Å². The lowest BCUT2D eigenvalue weighted by Gasteiger charge is -2.37. The molecule has 1 aromatic heterocycles. The van der Waals surface area contributed by atoms with Crippen LogP contribution >= 0.6 is 0 Å². The summed E-state index contributed by atoms with van der Waals surface area (Å²) in [5, 5.41) is 2.98. The van der Waals surface area contributed by atoms with Crippen molar-refractivity contribution in [1.82, 2.24) is 25.0 Å². The zero-order valence-electron chi connectivity index (χ0n) is 15.2. The fourth-order valence-corrected chi connectivity index (χ4v) is 4.00. The number of nitrogens with one attached hydrogen (secondary N) is 1. The first kappa shape index (κ1) is 17.2. The average molecular weight is 358 g/mol. The molecule has 140 valence electrons. The summed E-state index contributed by atoms with van der Waals surface area (Å²) in [5.41, 5.74) is -0.681. The lowest BCUT2D eigenvalue weighted by atomic mass is 9.88. The number of likely N-dealkylation sites (tertiary alicyclic amines) is 1. The highest BCUT2D eigenvalue weighted by atomic mass is 16.2. The van der Waals surface area contributed by atoms with Crippen molar-refractivity contribution >= 4 is 17.8 Å². The maximum atomic E-state index is 12.9. The van der Waals surface area contributed by atoms with Gasteiger partial charge in [-0.2, -0.15) is 0 Å². The molecule has 0 saturated carbocycles. The Morgan fingerprint density at radius 3 is 2.46 bits per heavy atom. The van der Waals surface area contributed by atoms with Crippen LogP contribution in [0.1, 0.15) is 12.8 Å². The van der Waals surface area contributed by atoms with Crippen LogP contribution in [-0.4, -0.2) is 90.1 Å². The zero-order valence-corrected chi connectivity index (χ0v) is 15.2. The van der Waals surface area contributed by atoms with Gasteiger partial charge in [-0.1, -0.05) is 6.07 Å². The van der Waals surface area contributed by atoms with Gasteiger partial charge in [0.25, 0.3) is 5.91 Å². The fourth-order valence-electron chi connectivity index (χ4n) is 4.00. The molecule has 8 nitrogen and oxygen atoms in total. The molecule has 3 fully saturated rings. The molecule has 8 heteroatoms. The van der Waals surface area contributed by atoms with E-state index in [2.05, 4.69) is 25.0 Å². The highest BCUT2D eigenvalue weighted by Gasteiger charge is 2.52. The summed E-state index contributed by atoms with van der Waals surface area (Å²) < 4.78 is 0. The van der Waals surface area contributed by atoms with Crippen LogP contribution in [0.2, 0.25) is 0 Å². The van der Waals surface area contributed by atoms with E-state index < -0.39 is 5.54 Å². The van der Waals surface area contributed by atoms with E-state index >= 15 is 0 Å². The quantitative estimate of drug-likeness (QED) is 0.777. The van der Waals surface area contributed by atoms with Crippen molar-refractivity contribution < 1.29 is 9.59 Å². The first-order valence-electron chi connectivity index (χ1n) is 9.28. The van der Waals surface area contributed by atoms with E-state index in [4.69, 9.17) is 0 Å². The van der Waals surface area contributed by atoms with Crippen LogP contribution in [0.25, 0.3) is 0 Å². The molecular weight excluding hydrogens is 332 g/mol. The van der Waals surface area contributed by atoms with E-state index in [1.54, 1.807) is 6.20 Å². The van der Waals surface area contributed by atoms with E-state index in [0.717, 1.165) is 45.1 Å². The molecule has 0 aromatic carbocycles. The van der Waals surface area contributed by atoms with Crippen LogP contribution in [0.15, 0.2) is 24.4 Å².